The van der Waals surface area contributed by atoms with Gasteiger partial charge in [0.2, 0.25) is 0 Å². The predicted octanol–water partition coefficient (Wildman–Crippen LogP) is 3.08. The number of nitrogens with zero attached hydrogens (tertiary/aromatic N) is 2. The van der Waals surface area contributed by atoms with Crippen LogP contribution in [-0.4, -0.2) is 47.5 Å². The summed E-state index contributed by atoms with van der Waals surface area (Å²) >= 11 is 3.88. The highest BCUT2D eigenvalue weighted by Crippen LogP contribution is 2.29. The lowest BCUT2D eigenvalue weighted by Gasteiger charge is -2.39. The van der Waals surface area contributed by atoms with E-state index in [0.29, 0.717) is 4.75 Å². The Balaban J connectivity index is 1.94. The van der Waals surface area contributed by atoms with Gasteiger partial charge in [0.15, 0.2) is 5.96 Å². The number of guanidine groups is 1. The summed E-state index contributed by atoms with van der Waals surface area (Å²) in [6.07, 6.45) is 1.04. The molecule has 0 atom stereocenters. The van der Waals surface area contributed by atoms with Gasteiger partial charge in [-0.1, -0.05) is 6.07 Å². The Labute approximate surface area is 130 Å². The highest BCUT2D eigenvalue weighted by Gasteiger charge is 2.28. The van der Waals surface area contributed by atoms with Crippen LogP contribution in [0.15, 0.2) is 22.5 Å². The Morgan fingerprint density at radius 3 is 3.00 bits per heavy atom. The first kappa shape index (κ1) is 15.7. The van der Waals surface area contributed by atoms with Gasteiger partial charge in [0.05, 0.1) is 0 Å². The molecule has 0 radical (unpaired) electrons. The molecule has 1 aliphatic heterocycles. The van der Waals surface area contributed by atoms with E-state index in [2.05, 4.69) is 60.3 Å². The quantitative estimate of drug-likeness (QED) is 0.684. The molecule has 0 spiro atoms. The number of hydrogen-bond acceptors (Lipinski definition) is 3. The van der Waals surface area contributed by atoms with Gasteiger partial charge in [0.25, 0.3) is 0 Å². The second-order valence-corrected chi connectivity index (χ2v) is 8.43. The maximum atomic E-state index is 4.81. The van der Waals surface area contributed by atoms with Crippen molar-refractivity contribution in [3.63, 3.8) is 0 Å². The molecule has 2 heterocycles. The summed E-state index contributed by atoms with van der Waals surface area (Å²) in [4.78, 5) is 8.63. The van der Waals surface area contributed by atoms with Gasteiger partial charge in [-0.2, -0.15) is 11.8 Å². The van der Waals surface area contributed by atoms with Crippen molar-refractivity contribution in [2.45, 2.75) is 31.9 Å². The summed E-state index contributed by atoms with van der Waals surface area (Å²) in [7, 11) is 0. The highest BCUT2D eigenvalue weighted by atomic mass is 32.2. The predicted molar refractivity (Wildman–Crippen MR) is 92.1 cm³/mol. The molecule has 3 nitrogen and oxygen atoms in total. The third-order valence-corrected chi connectivity index (χ3v) is 5.49. The lowest BCUT2D eigenvalue weighted by atomic mass is 10.2. The molecule has 1 aliphatic rings. The van der Waals surface area contributed by atoms with Gasteiger partial charge in [-0.3, -0.25) is 4.99 Å². The van der Waals surface area contributed by atoms with E-state index in [0.717, 1.165) is 38.6 Å². The highest BCUT2D eigenvalue weighted by molar-refractivity contribution is 8.00. The third-order valence-electron chi connectivity index (χ3n) is 3.26. The van der Waals surface area contributed by atoms with E-state index in [1.807, 2.05) is 11.3 Å². The van der Waals surface area contributed by atoms with E-state index in [1.165, 1.54) is 10.6 Å². The van der Waals surface area contributed by atoms with Crippen molar-refractivity contribution in [1.29, 1.82) is 0 Å². The van der Waals surface area contributed by atoms with E-state index < -0.39 is 0 Å². The Hall–Kier alpha value is -0.680. The van der Waals surface area contributed by atoms with E-state index in [4.69, 9.17) is 4.99 Å². The lowest BCUT2D eigenvalue weighted by Crippen LogP contribution is -2.51. The molecule has 0 bridgehead atoms. The molecular weight excluding hydrogens is 286 g/mol. The maximum absolute atomic E-state index is 4.81. The van der Waals surface area contributed by atoms with Gasteiger partial charge >= 0.3 is 0 Å². The molecule has 0 aromatic carbocycles. The van der Waals surface area contributed by atoms with Gasteiger partial charge in [0, 0.05) is 48.0 Å². The van der Waals surface area contributed by atoms with E-state index in [9.17, 15) is 0 Å². The summed E-state index contributed by atoms with van der Waals surface area (Å²) in [5.41, 5.74) is 0. The van der Waals surface area contributed by atoms with Crippen LogP contribution in [0.2, 0.25) is 0 Å². The molecule has 2 rings (SSSR count). The Kier molecular flexibility index (Phi) is 5.78. The monoisotopic (exact) mass is 311 g/mol. The number of thioether (sulfide) groups is 1. The number of rotatable bonds is 4. The molecule has 20 heavy (non-hydrogen) atoms. The minimum Gasteiger partial charge on any atom is -0.357 e. The maximum Gasteiger partial charge on any atom is 0.193 e. The zero-order valence-corrected chi connectivity index (χ0v) is 14.3. The van der Waals surface area contributed by atoms with Gasteiger partial charge in [-0.15, -0.1) is 11.3 Å². The molecule has 1 fully saturated rings. The summed E-state index contributed by atoms with van der Waals surface area (Å²) in [5, 5.41) is 5.57. The van der Waals surface area contributed by atoms with E-state index in [1.54, 1.807) is 0 Å². The summed E-state index contributed by atoms with van der Waals surface area (Å²) in [6, 6.07) is 4.30. The topological polar surface area (TPSA) is 27.6 Å². The van der Waals surface area contributed by atoms with Crippen molar-refractivity contribution in [1.82, 2.24) is 10.2 Å². The zero-order valence-electron chi connectivity index (χ0n) is 12.7. The van der Waals surface area contributed by atoms with Gasteiger partial charge < -0.3 is 10.2 Å². The van der Waals surface area contributed by atoms with Crippen molar-refractivity contribution in [2.24, 2.45) is 4.99 Å². The molecule has 1 aromatic heterocycles. The number of thiophene rings is 1. The average Bonchev–Trinajstić information content (AvgIpc) is 2.90. The first-order valence-corrected chi connectivity index (χ1v) is 9.17. The second-order valence-electron chi connectivity index (χ2n) is 5.59. The van der Waals surface area contributed by atoms with E-state index in [-0.39, 0.29) is 0 Å². The van der Waals surface area contributed by atoms with E-state index >= 15 is 0 Å². The molecule has 1 saturated heterocycles. The van der Waals surface area contributed by atoms with Crippen LogP contribution in [0, 0.1) is 0 Å². The Bertz CT molecular complexity index is 426. The van der Waals surface area contributed by atoms with Crippen LogP contribution in [0.1, 0.15) is 25.6 Å². The van der Waals surface area contributed by atoms with Crippen molar-refractivity contribution in [2.75, 3.05) is 31.9 Å². The van der Waals surface area contributed by atoms with Crippen molar-refractivity contribution >= 4 is 29.1 Å². The molecule has 0 amide bonds. The Morgan fingerprint density at radius 1 is 1.50 bits per heavy atom. The van der Waals surface area contributed by atoms with Crippen LogP contribution in [0.3, 0.4) is 0 Å². The van der Waals surface area contributed by atoms with Crippen molar-refractivity contribution < 1.29 is 0 Å². The standard InChI is InChI=1S/C15H25N3S2/c1-4-16-14(17-8-7-13-6-5-10-19-13)18-9-11-20-15(2,3)12-18/h5-6,10H,4,7-9,11-12H2,1-3H3,(H,16,17). The molecule has 5 heteroatoms. The molecule has 112 valence electrons. The number of hydrogen-bond donors (Lipinski definition) is 1. The minimum absolute atomic E-state index is 0.322. The molecule has 1 aromatic rings. The smallest absolute Gasteiger partial charge is 0.193 e. The molecule has 0 saturated carbocycles. The second kappa shape index (κ2) is 7.36. The number of nitrogens with one attached hydrogen (secondary N) is 1. The van der Waals surface area contributed by atoms with Crippen molar-refractivity contribution in [3.05, 3.63) is 22.4 Å². The summed E-state index contributed by atoms with van der Waals surface area (Å²) in [5.74, 6) is 2.26. The largest absolute Gasteiger partial charge is 0.357 e. The van der Waals surface area contributed by atoms with Crippen LogP contribution in [0.25, 0.3) is 0 Å². The van der Waals surface area contributed by atoms with Crippen LogP contribution >= 0.6 is 23.1 Å². The van der Waals surface area contributed by atoms with Crippen LogP contribution < -0.4 is 5.32 Å². The Morgan fingerprint density at radius 2 is 2.35 bits per heavy atom. The molecular formula is C15H25N3S2. The summed E-state index contributed by atoms with van der Waals surface area (Å²) in [6.45, 7) is 10.7. The summed E-state index contributed by atoms with van der Waals surface area (Å²) < 4.78 is 0.322. The third kappa shape index (κ3) is 4.70. The van der Waals surface area contributed by atoms with Gasteiger partial charge in [0.1, 0.15) is 0 Å². The first-order chi connectivity index (χ1) is 9.61. The number of aliphatic imine (C=N–C) groups is 1. The fourth-order valence-electron chi connectivity index (χ4n) is 2.35. The SMILES string of the molecule is CCNC(=NCCc1cccs1)N1CCSC(C)(C)C1. The van der Waals surface area contributed by atoms with Crippen LogP contribution in [-0.2, 0) is 6.42 Å². The van der Waals surface area contributed by atoms with Gasteiger partial charge in [-0.05, 0) is 32.2 Å². The fourth-order valence-corrected chi connectivity index (χ4v) is 4.16. The van der Waals surface area contributed by atoms with Crippen LogP contribution in [0.4, 0.5) is 0 Å². The fraction of sp³-hybridized carbons (Fsp3) is 0.667. The lowest BCUT2D eigenvalue weighted by molar-refractivity contribution is 0.376. The normalized spacial score (nSPS) is 19.1. The first-order valence-electron chi connectivity index (χ1n) is 7.30. The van der Waals surface area contributed by atoms with Gasteiger partial charge in [-0.25, -0.2) is 0 Å². The minimum atomic E-state index is 0.322. The van der Waals surface area contributed by atoms with Crippen molar-refractivity contribution in [3.8, 4) is 0 Å². The van der Waals surface area contributed by atoms with Crippen LogP contribution in [0.5, 0.6) is 0 Å². The zero-order chi connectivity index (χ0) is 14.4. The molecule has 0 aliphatic carbocycles. The molecule has 0 unspecified atom stereocenters. The molecule has 1 N–H and O–H groups in total. The average molecular weight is 312 g/mol.